The van der Waals surface area contributed by atoms with Crippen molar-refractivity contribution in [2.75, 3.05) is 48.5 Å². The molecule has 2 aromatic carbocycles. The number of benzene rings is 2. The minimum atomic E-state index is -0.414. The Morgan fingerprint density at radius 1 is 1.16 bits per heavy atom. The average molecular weight is 456 g/mol. The number of halogens is 1. The zero-order chi connectivity index (χ0) is 22.9. The average Bonchev–Trinajstić information content (AvgIpc) is 2.81. The maximum atomic E-state index is 13.9. The number of aryl methyl sites for hydroxylation is 1. The van der Waals surface area contributed by atoms with E-state index in [1.165, 1.54) is 23.9 Å². The summed E-state index contributed by atoms with van der Waals surface area (Å²) in [6, 6.07) is 13.6. The van der Waals surface area contributed by atoms with Crippen LogP contribution in [0.3, 0.4) is 0 Å². The molecular weight excluding hydrogens is 429 g/mol. The largest absolute Gasteiger partial charge is 0.384 e. The molecular formula is C23H26FN5O2S. The number of aromatic nitrogens is 2. The highest BCUT2D eigenvalue weighted by Crippen LogP contribution is 2.21. The Bertz CT molecular complexity index is 1040. The van der Waals surface area contributed by atoms with Crippen molar-refractivity contribution in [3.05, 3.63) is 71.7 Å². The minimum absolute atomic E-state index is 0.312. The molecule has 0 aliphatic carbocycles. The van der Waals surface area contributed by atoms with Gasteiger partial charge < -0.3 is 20.7 Å². The monoisotopic (exact) mass is 455 g/mol. The van der Waals surface area contributed by atoms with Crippen LogP contribution in [0.2, 0.25) is 0 Å². The van der Waals surface area contributed by atoms with E-state index in [0.29, 0.717) is 49.1 Å². The molecule has 1 aliphatic rings. The Kier molecular flexibility index (Phi) is 8.41. The van der Waals surface area contributed by atoms with Crippen LogP contribution in [0.5, 0.6) is 0 Å². The van der Waals surface area contributed by atoms with E-state index < -0.39 is 5.82 Å². The van der Waals surface area contributed by atoms with Gasteiger partial charge in [-0.1, -0.05) is 29.5 Å². The Labute approximate surface area is 191 Å². The van der Waals surface area contributed by atoms with Crippen molar-refractivity contribution < 1.29 is 13.9 Å². The van der Waals surface area contributed by atoms with Gasteiger partial charge in [0, 0.05) is 36.2 Å². The maximum Gasteiger partial charge on any atom is 0.255 e. The van der Waals surface area contributed by atoms with Crippen LogP contribution in [0, 0.1) is 12.7 Å². The molecule has 0 unspecified atom stereocenters. The lowest BCUT2D eigenvalue weighted by molar-refractivity contribution is 0.102. The number of morpholine rings is 1. The molecule has 0 bridgehead atoms. The first kappa shape index (κ1) is 23.5. The summed E-state index contributed by atoms with van der Waals surface area (Å²) in [6.45, 7) is 4.60. The third-order valence-electron chi connectivity index (χ3n) is 4.67. The molecule has 1 amide bonds. The van der Waals surface area contributed by atoms with Crippen molar-refractivity contribution in [1.82, 2.24) is 9.97 Å². The lowest BCUT2D eigenvalue weighted by Gasteiger charge is -2.29. The standard InChI is InChI=1S/C18H19FN2O2.C5H7N3S/c1-13-2-4-16(5-3-13)20-18(22)14-10-15(19)12-17(11-14)21-6-8-23-9-7-21;1-9-5-7-3-2-4(6)8-5/h2-5,10-12H,6-9H2,1H3,(H,20,22);2-3H,1H3,(H2,6,7,8). The molecule has 1 saturated heterocycles. The molecule has 3 aromatic rings. The molecule has 9 heteroatoms. The van der Waals surface area contributed by atoms with Crippen LogP contribution < -0.4 is 16.0 Å². The molecule has 3 N–H and O–H groups in total. The summed E-state index contributed by atoms with van der Waals surface area (Å²) >= 11 is 1.48. The summed E-state index contributed by atoms with van der Waals surface area (Å²) < 4.78 is 19.2. The molecule has 32 heavy (non-hydrogen) atoms. The summed E-state index contributed by atoms with van der Waals surface area (Å²) in [5.41, 5.74) is 8.20. The molecule has 168 valence electrons. The molecule has 0 radical (unpaired) electrons. The zero-order valence-electron chi connectivity index (χ0n) is 18.0. The topological polar surface area (TPSA) is 93.4 Å². The molecule has 0 saturated carbocycles. The van der Waals surface area contributed by atoms with Gasteiger partial charge in [0.2, 0.25) is 0 Å². The van der Waals surface area contributed by atoms with Gasteiger partial charge >= 0.3 is 0 Å². The SMILES string of the molecule is CSc1nccc(N)n1.Cc1ccc(NC(=O)c2cc(F)cc(N3CCOCC3)c2)cc1. The van der Waals surface area contributed by atoms with E-state index >= 15 is 0 Å². The lowest BCUT2D eigenvalue weighted by Crippen LogP contribution is -2.36. The van der Waals surface area contributed by atoms with E-state index in [1.54, 1.807) is 18.3 Å². The quantitative estimate of drug-likeness (QED) is 0.454. The molecule has 0 atom stereocenters. The van der Waals surface area contributed by atoms with Crippen LogP contribution in [-0.2, 0) is 4.74 Å². The number of rotatable bonds is 4. The van der Waals surface area contributed by atoms with Gasteiger partial charge in [0.1, 0.15) is 11.6 Å². The zero-order valence-corrected chi connectivity index (χ0v) is 18.9. The summed E-state index contributed by atoms with van der Waals surface area (Å²) in [5.74, 6) is -0.208. The summed E-state index contributed by atoms with van der Waals surface area (Å²) in [4.78, 5) is 22.2. The Hall–Kier alpha value is -3.17. The number of ether oxygens (including phenoxy) is 1. The second-order valence-electron chi connectivity index (χ2n) is 7.09. The van der Waals surface area contributed by atoms with Crippen molar-refractivity contribution in [3.63, 3.8) is 0 Å². The van der Waals surface area contributed by atoms with E-state index in [9.17, 15) is 9.18 Å². The van der Waals surface area contributed by atoms with Crippen molar-refractivity contribution in [3.8, 4) is 0 Å². The summed E-state index contributed by atoms with van der Waals surface area (Å²) in [6.07, 6.45) is 3.56. The molecule has 2 heterocycles. The first-order valence-electron chi connectivity index (χ1n) is 10.1. The molecule has 1 aromatic heterocycles. The normalized spacial score (nSPS) is 13.2. The third-order valence-corrected chi connectivity index (χ3v) is 5.23. The minimum Gasteiger partial charge on any atom is -0.384 e. The van der Waals surface area contributed by atoms with E-state index in [4.69, 9.17) is 10.5 Å². The second-order valence-corrected chi connectivity index (χ2v) is 7.86. The van der Waals surface area contributed by atoms with Gasteiger partial charge in [-0.3, -0.25) is 4.79 Å². The fourth-order valence-corrected chi connectivity index (χ4v) is 3.36. The summed E-state index contributed by atoms with van der Waals surface area (Å²) in [5, 5.41) is 3.51. The predicted molar refractivity (Wildman–Crippen MR) is 127 cm³/mol. The van der Waals surface area contributed by atoms with Crippen molar-refractivity contribution in [2.24, 2.45) is 0 Å². The fourth-order valence-electron chi connectivity index (χ4n) is 3.00. The van der Waals surface area contributed by atoms with Crippen molar-refractivity contribution in [1.29, 1.82) is 0 Å². The first-order valence-corrected chi connectivity index (χ1v) is 11.3. The lowest BCUT2D eigenvalue weighted by atomic mass is 10.1. The van der Waals surface area contributed by atoms with Gasteiger partial charge in [-0.25, -0.2) is 14.4 Å². The smallest absolute Gasteiger partial charge is 0.255 e. The van der Waals surface area contributed by atoms with Crippen LogP contribution in [0.1, 0.15) is 15.9 Å². The Morgan fingerprint density at radius 3 is 2.50 bits per heavy atom. The number of hydrogen-bond donors (Lipinski definition) is 2. The number of amides is 1. The Balaban J connectivity index is 0.000000269. The van der Waals surface area contributed by atoms with Crippen LogP contribution in [0.25, 0.3) is 0 Å². The van der Waals surface area contributed by atoms with Crippen molar-refractivity contribution in [2.45, 2.75) is 12.1 Å². The van der Waals surface area contributed by atoms with Crippen LogP contribution in [0.15, 0.2) is 59.9 Å². The highest BCUT2D eigenvalue weighted by molar-refractivity contribution is 7.98. The molecule has 1 aliphatic heterocycles. The molecule has 0 spiro atoms. The number of anilines is 3. The van der Waals surface area contributed by atoms with E-state index in [1.807, 2.05) is 42.3 Å². The van der Waals surface area contributed by atoms with E-state index in [0.717, 1.165) is 10.7 Å². The maximum absolute atomic E-state index is 13.9. The number of hydrogen-bond acceptors (Lipinski definition) is 7. The van der Waals surface area contributed by atoms with Gasteiger partial charge in [0.25, 0.3) is 5.91 Å². The number of nitrogens with one attached hydrogen (secondary N) is 1. The third kappa shape index (κ3) is 6.93. The second kappa shape index (κ2) is 11.4. The van der Waals surface area contributed by atoms with Crippen LogP contribution in [0.4, 0.5) is 21.6 Å². The summed E-state index contributed by atoms with van der Waals surface area (Å²) in [7, 11) is 0. The molecule has 4 rings (SSSR count). The van der Waals surface area contributed by atoms with Crippen molar-refractivity contribution >= 4 is 34.9 Å². The van der Waals surface area contributed by atoms with Gasteiger partial charge in [-0.2, -0.15) is 0 Å². The van der Waals surface area contributed by atoms with Crippen LogP contribution >= 0.6 is 11.8 Å². The van der Waals surface area contributed by atoms with Gasteiger partial charge in [-0.05, 0) is 49.6 Å². The van der Waals surface area contributed by atoms with Gasteiger partial charge in [0.05, 0.1) is 13.2 Å². The number of nitrogen functional groups attached to an aromatic ring is 1. The highest BCUT2D eigenvalue weighted by atomic mass is 32.2. The van der Waals surface area contributed by atoms with E-state index in [2.05, 4.69) is 15.3 Å². The van der Waals surface area contributed by atoms with E-state index in [-0.39, 0.29) is 5.91 Å². The number of nitrogens with two attached hydrogens (primary N) is 1. The van der Waals surface area contributed by atoms with Gasteiger partial charge in [-0.15, -0.1) is 0 Å². The first-order chi connectivity index (χ1) is 15.4. The number of carbonyl (C=O) groups is 1. The fraction of sp³-hybridized carbons (Fsp3) is 0.261. The number of thioether (sulfide) groups is 1. The van der Waals surface area contributed by atoms with Gasteiger partial charge in [0.15, 0.2) is 5.16 Å². The highest BCUT2D eigenvalue weighted by Gasteiger charge is 2.15. The predicted octanol–water partition coefficient (Wildman–Crippen LogP) is 4.00. The number of nitrogens with zero attached hydrogens (tertiary/aromatic N) is 3. The number of carbonyl (C=O) groups excluding carboxylic acids is 1. The van der Waals surface area contributed by atoms with Crippen LogP contribution in [-0.4, -0.2) is 48.4 Å². The Morgan fingerprint density at radius 2 is 1.88 bits per heavy atom. The molecule has 7 nitrogen and oxygen atoms in total. The molecule has 1 fully saturated rings.